The van der Waals surface area contributed by atoms with Gasteiger partial charge >= 0.3 is 0 Å². The zero-order chi connectivity index (χ0) is 19.1. The van der Waals surface area contributed by atoms with Gasteiger partial charge in [-0.25, -0.2) is 8.78 Å². The molecular formula is C19H18F2N4O2S. The average molecular weight is 404 g/mol. The number of rotatable bonds is 2. The third-order valence-corrected chi connectivity index (χ3v) is 7.50. The second-order valence-corrected chi connectivity index (χ2v) is 9.06. The van der Waals surface area contributed by atoms with E-state index in [-0.39, 0.29) is 18.4 Å². The van der Waals surface area contributed by atoms with Gasteiger partial charge < -0.3 is 15.0 Å². The Labute approximate surface area is 163 Å². The molecule has 9 heteroatoms. The lowest BCUT2D eigenvalue weighted by Crippen LogP contribution is -2.42. The van der Waals surface area contributed by atoms with Crippen molar-refractivity contribution in [2.24, 2.45) is 0 Å². The highest BCUT2D eigenvalue weighted by molar-refractivity contribution is 7.18. The molecule has 0 saturated carbocycles. The fraction of sp³-hybridized carbons (Fsp3) is 0.474. The van der Waals surface area contributed by atoms with Crippen molar-refractivity contribution in [1.29, 1.82) is 0 Å². The maximum Gasteiger partial charge on any atom is 0.269 e. The predicted molar refractivity (Wildman–Crippen MR) is 99.5 cm³/mol. The van der Waals surface area contributed by atoms with Crippen LogP contribution in [0.25, 0.3) is 10.4 Å². The van der Waals surface area contributed by atoms with E-state index >= 15 is 0 Å². The fourth-order valence-corrected chi connectivity index (χ4v) is 6.19. The van der Waals surface area contributed by atoms with Crippen molar-refractivity contribution in [2.75, 3.05) is 11.4 Å². The number of hydrogen-bond acceptors (Lipinski definition) is 5. The molecule has 2 N–H and O–H groups in total. The second kappa shape index (κ2) is 5.42. The van der Waals surface area contributed by atoms with Crippen molar-refractivity contribution in [3.63, 3.8) is 0 Å². The van der Waals surface area contributed by atoms with E-state index in [4.69, 9.17) is 4.74 Å². The molecule has 0 aromatic carbocycles. The molecule has 2 saturated heterocycles. The molecule has 6 heterocycles. The highest BCUT2D eigenvalue weighted by atomic mass is 32.1. The summed E-state index contributed by atoms with van der Waals surface area (Å²) in [5, 5.41) is 9.65. The third kappa shape index (κ3) is 2.26. The van der Waals surface area contributed by atoms with Crippen LogP contribution in [-0.2, 0) is 11.2 Å². The van der Waals surface area contributed by atoms with Crippen molar-refractivity contribution >= 4 is 22.9 Å². The van der Waals surface area contributed by atoms with Crippen molar-refractivity contribution < 1.29 is 18.3 Å². The molecule has 0 aliphatic carbocycles. The number of nitrogens with one attached hydrogen (secondary N) is 2. The summed E-state index contributed by atoms with van der Waals surface area (Å²) in [5.41, 5.74) is 1.91. The van der Waals surface area contributed by atoms with Crippen molar-refractivity contribution in [3.05, 3.63) is 34.7 Å². The molecule has 4 aliphatic heterocycles. The minimum absolute atomic E-state index is 0.209. The first-order chi connectivity index (χ1) is 13.4. The smallest absolute Gasteiger partial charge is 0.269 e. The van der Waals surface area contributed by atoms with Crippen LogP contribution in [0, 0.1) is 0 Å². The molecule has 146 valence electrons. The highest BCUT2D eigenvalue weighted by Crippen LogP contribution is 2.51. The molecule has 2 bridgehead atoms. The number of alkyl halides is 2. The number of carbonyl (C=O) groups is 1. The van der Waals surface area contributed by atoms with Crippen LogP contribution in [0.4, 0.5) is 14.5 Å². The largest absolute Gasteiger partial charge is 0.365 e. The molecule has 1 amide bonds. The summed E-state index contributed by atoms with van der Waals surface area (Å²) in [5.74, 6) is -3.13. The molecule has 6 nitrogen and oxygen atoms in total. The summed E-state index contributed by atoms with van der Waals surface area (Å²) in [6.45, 7) is -0.438. The molecule has 2 fully saturated rings. The predicted octanol–water partition coefficient (Wildman–Crippen LogP) is 3.43. The molecule has 0 spiro atoms. The standard InChI is InChI=1S/C19H18F2N4O2S/c20-19(21)5-12-14-16(28-15(12)10-6-22-23-7-10)17(26)24-13(8-25(14)9-19)18-3-1-11(27-18)2-4-18/h6-8,11H,1-5,9H2,(H,22,23)(H,24,26). The number of aromatic amines is 1. The number of nitrogens with zero attached hydrogens (tertiary/aromatic N) is 2. The molecule has 0 atom stereocenters. The van der Waals surface area contributed by atoms with Gasteiger partial charge in [0.1, 0.15) is 10.5 Å². The van der Waals surface area contributed by atoms with Crippen molar-refractivity contribution in [2.45, 2.75) is 49.7 Å². The van der Waals surface area contributed by atoms with E-state index in [0.29, 0.717) is 26.7 Å². The van der Waals surface area contributed by atoms with Gasteiger partial charge in [-0.2, -0.15) is 5.10 Å². The van der Waals surface area contributed by atoms with Crippen molar-refractivity contribution in [1.82, 2.24) is 15.5 Å². The van der Waals surface area contributed by atoms with E-state index in [1.165, 1.54) is 11.3 Å². The van der Waals surface area contributed by atoms with Gasteiger partial charge in [0.05, 0.1) is 30.2 Å². The topological polar surface area (TPSA) is 70.2 Å². The van der Waals surface area contributed by atoms with Crippen LogP contribution in [0.2, 0.25) is 0 Å². The summed E-state index contributed by atoms with van der Waals surface area (Å²) in [6, 6.07) is 0. The van der Waals surface area contributed by atoms with Crippen LogP contribution < -0.4 is 10.2 Å². The number of aromatic nitrogens is 2. The molecule has 2 aromatic heterocycles. The second-order valence-electron chi connectivity index (χ2n) is 8.04. The summed E-state index contributed by atoms with van der Waals surface area (Å²) in [6.07, 6.45) is 8.31. The number of hydrogen-bond donors (Lipinski definition) is 2. The van der Waals surface area contributed by atoms with E-state index in [1.54, 1.807) is 23.5 Å². The van der Waals surface area contributed by atoms with Gasteiger partial charge in [-0.3, -0.25) is 9.89 Å². The first-order valence-electron chi connectivity index (χ1n) is 9.45. The van der Waals surface area contributed by atoms with Crippen LogP contribution >= 0.6 is 11.3 Å². The maximum atomic E-state index is 14.7. The molecule has 2 aromatic rings. The Kier molecular flexibility index (Phi) is 3.22. The van der Waals surface area contributed by atoms with Gasteiger partial charge in [0.15, 0.2) is 0 Å². The van der Waals surface area contributed by atoms with Gasteiger partial charge in [0.2, 0.25) is 0 Å². The lowest BCUT2D eigenvalue weighted by Gasteiger charge is -2.34. The number of halogens is 2. The number of amides is 1. The number of thiophene rings is 1. The fourth-order valence-electron chi connectivity index (χ4n) is 4.98. The molecule has 0 unspecified atom stereocenters. The Bertz CT molecular complexity index is 1010. The summed E-state index contributed by atoms with van der Waals surface area (Å²) < 4.78 is 35.5. The number of anilines is 1. The normalized spacial score (nSPS) is 30.1. The van der Waals surface area contributed by atoms with Crippen LogP contribution in [0.3, 0.4) is 0 Å². The van der Waals surface area contributed by atoms with Crippen LogP contribution in [0.5, 0.6) is 0 Å². The maximum absolute atomic E-state index is 14.7. The minimum atomic E-state index is -2.88. The third-order valence-electron chi connectivity index (χ3n) is 6.23. The Hall–Kier alpha value is -2.26. The van der Waals surface area contributed by atoms with E-state index in [0.717, 1.165) is 31.2 Å². The number of H-pyrrole nitrogens is 1. The quantitative estimate of drug-likeness (QED) is 0.805. The monoisotopic (exact) mass is 404 g/mol. The number of fused-ring (bicyclic) bond motifs is 2. The lowest BCUT2D eigenvalue weighted by molar-refractivity contribution is 0.00727. The number of ether oxygens (including phenoxy) is 1. The summed E-state index contributed by atoms with van der Waals surface area (Å²) in [7, 11) is 0. The van der Waals surface area contributed by atoms with E-state index in [2.05, 4.69) is 15.5 Å². The highest BCUT2D eigenvalue weighted by Gasteiger charge is 2.51. The van der Waals surface area contributed by atoms with Gasteiger partial charge in [-0.15, -0.1) is 11.3 Å². The van der Waals surface area contributed by atoms with Gasteiger partial charge in [-0.05, 0) is 25.7 Å². The minimum Gasteiger partial charge on any atom is -0.365 e. The zero-order valence-corrected chi connectivity index (χ0v) is 15.7. The van der Waals surface area contributed by atoms with E-state index in [9.17, 15) is 13.6 Å². The Morgan fingerprint density at radius 3 is 2.79 bits per heavy atom. The summed E-state index contributed by atoms with van der Waals surface area (Å²) in [4.78, 5) is 15.8. The SMILES string of the molecule is O=C1NC(C23CCC(CC2)O3)=CN2CC(F)(F)Cc3c(-c4cn[nH]c4)sc1c32. The van der Waals surface area contributed by atoms with Gasteiger partial charge in [0, 0.05) is 34.8 Å². The first kappa shape index (κ1) is 16.7. The molecule has 4 aliphatic rings. The van der Waals surface area contributed by atoms with Gasteiger partial charge in [0.25, 0.3) is 11.8 Å². The Balaban J connectivity index is 1.52. The van der Waals surface area contributed by atoms with Crippen molar-refractivity contribution in [3.8, 4) is 10.4 Å². The van der Waals surface area contributed by atoms with Gasteiger partial charge in [-0.1, -0.05) is 0 Å². The van der Waals surface area contributed by atoms with E-state index in [1.807, 2.05) is 0 Å². The van der Waals surface area contributed by atoms with Crippen LogP contribution in [-0.4, -0.2) is 40.3 Å². The van der Waals surface area contributed by atoms with E-state index < -0.39 is 18.1 Å². The molecule has 28 heavy (non-hydrogen) atoms. The number of carbonyl (C=O) groups excluding carboxylic acids is 1. The van der Waals surface area contributed by atoms with Crippen LogP contribution in [0.1, 0.15) is 40.9 Å². The molecular weight excluding hydrogens is 386 g/mol. The molecule has 0 radical (unpaired) electrons. The van der Waals surface area contributed by atoms with Crippen LogP contribution in [0.15, 0.2) is 24.3 Å². The lowest BCUT2D eigenvalue weighted by atomic mass is 9.86. The first-order valence-corrected chi connectivity index (χ1v) is 10.3. The Morgan fingerprint density at radius 2 is 2.11 bits per heavy atom. The molecule has 6 rings (SSSR count). The Morgan fingerprint density at radius 1 is 1.29 bits per heavy atom. The zero-order valence-electron chi connectivity index (χ0n) is 14.9. The average Bonchev–Trinajstić information content (AvgIpc) is 3.41. The summed E-state index contributed by atoms with van der Waals surface area (Å²) >= 11 is 1.25.